The van der Waals surface area contributed by atoms with Crippen LogP contribution in [0.1, 0.15) is 12.8 Å². The van der Waals surface area contributed by atoms with Crippen molar-refractivity contribution in [3.05, 3.63) is 146 Å². The average Bonchev–Trinajstić information content (AvgIpc) is 3.98. The predicted octanol–water partition coefficient (Wildman–Crippen LogP) is 10.1. The number of nitrogens with zero attached hydrogens (tertiary/aromatic N) is 8. The second-order valence-electron chi connectivity index (χ2n) is 14.9. The molecule has 0 aromatic heterocycles. The Morgan fingerprint density at radius 2 is 0.630 bits per heavy atom. The fraction of sp³-hybridized carbons (Fsp3) is 0.217. The van der Waals surface area contributed by atoms with Crippen LogP contribution in [-0.4, -0.2) is 53.9 Å². The van der Waals surface area contributed by atoms with Gasteiger partial charge in [0.1, 0.15) is 0 Å². The van der Waals surface area contributed by atoms with Crippen molar-refractivity contribution < 1.29 is 0 Å². The maximum atomic E-state index is 2.56. The predicted molar refractivity (Wildman–Crippen MR) is 227 cm³/mol. The normalized spacial score (nSPS) is 15.7. The van der Waals surface area contributed by atoms with E-state index in [0.29, 0.717) is 0 Å². The standard InChI is InChI=1S/C46H46N8/c1-47-31-51(43-23-7-3-19-39(43)47)35-15-13-17-37(29-35)53-33-49(41-21-5-9-25-45(41)53)27-11-12-28-50-34-54(46-26-10-6-22-42(46)50)38-18-14-16-36(30-38)52-32-48(2)40-20-4-8-24-44(40)52/h3-10,13-26,29-30H,11-12,27-28,31-34H2,1-2H3. The molecule has 8 nitrogen and oxygen atoms in total. The minimum absolute atomic E-state index is 0.850. The molecule has 0 N–H and O–H groups in total. The SMILES string of the molecule is CN1CN(c2cccc(N3CN(CCCCN4CN(c5cccc(N6CN(C)c7ccccc76)c5)c5ccccc54)c4ccccc43)c2)c2ccccc21. The lowest BCUT2D eigenvalue weighted by atomic mass is 10.2. The summed E-state index contributed by atoms with van der Waals surface area (Å²) >= 11 is 0. The van der Waals surface area contributed by atoms with E-state index in [1.54, 1.807) is 0 Å². The van der Waals surface area contributed by atoms with Crippen molar-refractivity contribution >= 4 is 68.2 Å². The highest BCUT2D eigenvalue weighted by Crippen LogP contribution is 2.46. The topological polar surface area (TPSA) is 25.9 Å². The Kier molecular flexibility index (Phi) is 7.97. The summed E-state index contributed by atoms with van der Waals surface area (Å²) in [6.07, 6.45) is 2.24. The summed E-state index contributed by atoms with van der Waals surface area (Å²) in [6, 6.07) is 53.3. The molecule has 0 amide bonds. The van der Waals surface area contributed by atoms with E-state index in [9.17, 15) is 0 Å². The van der Waals surface area contributed by atoms with Crippen LogP contribution in [0.4, 0.5) is 68.2 Å². The fourth-order valence-corrected chi connectivity index (χ4v) is 8.85. The molecular formula is C46H46N8. The van der Waals surface area contributed by atoms with Gasteiger partial charge in [-0.3, -0.25) is 0 Å². The van der Waals surface area contributed by atoms with Crippen molar-refractivity contribution in [3.63, 3.8) is 0 Å². The van der Waals surface area contributed by atoms with Gasteiger partial charge in [0.15, 0.2) is 0 Å². The molecular weight excluding hydrogens is 665 g/mol. The minimum atomic E-state index is 0.850. The molecule has 270 valence electrons. The summed E-state index contributed by atoms with van der Waals surface area (Å²) in [6.45, 7) is 5.45. The van der Waals surface area contributed by atoms with Gasteiger partial charge in [0, 0.05) is 49.9 Å². The molecule has 0 fully saturated rings. The first kappa shape index (κ1) is 32.4. The van der Waals surface area contributed by atoms with Crippen LogP contribution < -0.4 is 39.2 Å². The Morgan fingerprint density at radius 3 is 1.00 bits per heavy atom. The van der Waals surface area contributed by atoms with Crippen molar-refractivity contribution in [2.75, 3.05) is 93.1 Å². The third kappa shape index (κ3) is 5.52. The molecule has 0 radical (unpaired) electrons. The second kappa shape index (κ2) is 13.3. The quantitative estimate of drug-likeness (QED) is 0.137. The minimum Gasteiger partial charge on any atom is -0.355 e. The van der Waals surface area contributed by atoms with Gasteiger partial charge in [0.05, 0.1) is 72.2 Å². The Balaban J connectivity index is 0.814. The van der Waals surface area contributed by atoms with E-state index in [-0.39, 0.29) is 0 Å². The highest BCUT2D eigenvalue weighted by Gasteiger charge is 2.31. The van der Waals surface area contributed by atoms with E-state index in [1.165, 1.54) is 68.2 Å². The highest BCUT2D eigenvalue weighted by molar-refractivity contribution is 5.88. The first-order valence-electron chi connectivity index (χ1n) is 19.2. The van der Waals surface area contributed by atoms with Gasteiger partial charge in [-0.2, -0.15) is 0 Å². The fourth-order valence-electron chi connectivity index (χ4n) is 8.85. The van der Waals surface area contributed by atoms with E-state index >= 15 is 0 Å². The van der Waals surface area contributed by atoms with Crippen LogP contribution >= 0.6 is 0 Å². The van der Waals surface area contributed by atoms with E-state index in [2.05, 4.69) is 199 Å². The number of benzene rings is 6. The van der Waals surface area contributed by atoms with E-state index in [1.807, 2.05) is 0 Å². The molecule has 4 aliphatic heterocycles. The van der Waals surface area contributed by atoms with E-state index in [0.717, 1.165) is 52.6 Å². The number of para-hydroxylation sites is 8. The molecule has 0 unspecified atom stereocenters. The van der Waals surface area contributed by atoms with Crippen molar-refractivity contribution in [3.8, 4) is 0 Å². The summed E-state index contributed by atoms with van der Waals surface area (Å²) in [5.41, 5.74) is 15.2. The molecule has 0 atom stereocenters. The molecule has 10 rings (SSSR count). The second-order valence-corrected chi connectivity index (χ2v) is 14.9. The smallest absolute Gasteiger partial charge is 0.0953 e. The maximum Gasteiger partial charge on any atom is 0.0953 e. The van der Waals surface area contributed by atoms with E-state index in [4.69, 9.17) is 0 Å². The molecule has 4 aliphatic rings. The zero-order valence-electron chi connectivity index (χ0n) is 31.1. The lowest BCUT2D eigenvalue weighted by Gasteiger charge is -2.25. The Hall–Kier alpha value is -6.28. The first-order valence-corrected chi connectivity index (χ1v) is 19.2. The molecule has 0 spiro atoms. The van der Waals surface area contributed by atoms with Gasteiger partial charge in [-0.1, -0.05) is 60.7 Å². The monoisotopic (exact) mass is 710 g/mol. The van der Waals surface area contributed by atoms with Gasteiger partial charge in [0.25, 0.3) is 0 Å². The zero-order chi connectivity index (χ0) is 36.2. The molecule has 54 heavy (non-hydrogen) atoms. The lowest BCUT2D eigenvalue weighted by Crippen LogP contribution is -2.31. The van der Waals surface area contributed by atoms with Gasteiger partial charge in [0.2, 0.25) is 0 Å². The van der Waals surface area contributed by atoms with Crippen molar-refractivity contribution in [1.82, 2.24) is 0 Å². The van der Waals surface area contributed by atoms with E-state index < -0.39 is 0 Å². The summed E-state index contributed by atoms with van der Waals surface area (Å²) in [4.78, 5) is 19.5. The molecule has 0 saturated heterocycles. The molecule has 6 aromatic rings. The molecule has 0 saturated carbocycles. The highest BCUT2D eigenvalue weighted by atomic mass is 15.4. The molecule has 4 heterocycles. The summed E-state index contributed by atoms with van der Waals surface area (Å²) < 4.78 is 0. The summed E-state index contributed by atoms with van der Waals surface area (Å²) in [7, 11) is 4.34. The number of hydrogen-bond acceptors (Lipinski definition) is 8. The average molecular weight is 711 g/mol. The molecule has 0 aliphatic carbocycles. The molecule has 6 aromatic carbocycles. The largest absolute Gasteiger partial charge is 0.355 e. The Bertz CT molecular complexity index is 2160. The van der Waals surface area contributed by atoms with Crippen LogP contribution in [-0.2, 0) is 0 Å². The van der Waals surface area contributed by atoms with Gasteiger partial charge >= 0.3 is 0 Å². The van der Waals surface area contributed by atoms with Gasteiger partial charge in [-0.15, -0.1) is 0 Å². The third-order valence-corrected chi connectivity index (χ3v) is 11.5. The van der Waals surface area contributed by atoms with Crippen molar-refractivity contribution in [1.29, 1.82) is 0 Å². The van der Waals surface area contributed by atoms with Crippen molar-refractivity contribution in [2.45, 2.75) is 12.8 Å². The third-order valence-electron chi connectivity index (χ3n) is 11.5. The van der Waals surface area contributed by atoms with Crippen LogP contribution in [0.5, 0.6) is 0 Å². The lowest BCUT2D eigenvalue weighted by molar-refractivity contribution is 0.678. The number of unbranched alkanes of at least 4 members (excludes halogenated alkanes) is 1. The molecule has 0 bridgehead atoms. The van der Waals surface area contributed by atoms with Gasteiger partial charge in [-0.25, -0.2) is 0 Å². The number of rotatable bonds is 9. The first-order chi connectivity index (χ1) is 26.6. The maximum absolute atomic E-state index is 2.56. The number of fused-ring (bicyclic) bond motifs is 4. The van der Waals surface area contributed by atoms with Gasteiger partial charge < -0.3 is 39.2 Å². The van der Waals surface area contributed by atoms with Crippen molar-refractivity contribution in [2.24, 2.45) is 0 Å². The van der Waals surface area contributed by atoms with Crippen LogP contribution in [0, 0.1) is 0 Å². The number of anilines is 12. The summed E-state index contributed by atoms with van der Waals surface area (Å²) in [5.74, 6) is 0. The van der Waals surface area contributed by atoms with Crippen LogP contribution in [0.2, 0.25) is 0 Å². The number of hydrogen-bond donors (Lipinski definition) is 0. The molecule has 8 heteroatoms. The van der Waals surface area contributed by atoms with Crippen LogP contribution in [0.15, 0.2) is 146 Å². The van der Waals surface area contributed by atoms with Gasteiger partial charge in [-0.05, 0) is 97.8 Å². The zero-order valence-corrected chi connectivity index (χ0v) is 31.1. The summed E-state index contributed by atoms with van der Waals surface area (Å²) in [5, 5.41) is 0. The Morgan fingerprint density at radius 1 is 0.333 bits per heavy atom. The Labute approximate surface area is 318 Å². The van der Waals surface area contributed by atoms with Crippen LogP contribution in [0.3, 0.4) is 0 Å². The van der Waals surface area contributed by atoms with Crippen LogP contribution in [0.25, 0.3) is 0 Å².